The minimum absolute atomic E-state index is 0.567. The molecule has 0 spiro atoms. The Morgan fingerprint density at radius 1 is 1.00 bits per heavy atom. The molecular formula is C17H20O2. The molecule has 1 unspecified atom stereocenters. The maximum Gasteiger partial charge on any atom is 0.104 e. The highest BCUT2D eigenvalue weighted by atomic mass is 16.5. The van der Waals surface area contributed by atoms with Crippen molar-refractivity contribution in [1.82, 2.24) is 0 Å². The molecule has 0 aliphatic heterocycles. The van der Waals surface area contributed by atoms with E-state index in [2.05, 4.69) is 19.1 Å². The van der Waals surface area contributed by atoms with Crippen LogP contribution >= 0.6 is 0 Å². The fraction of sp³-hybridized carbons (Fsp3) is 0.294. The van der Waals surface area contributed by atoms with E-state index in [1.807, 2.05) is 36.4 Å². The number of hydrogen-bond acceptors (Lipinski definition) is 2. The van der Waals surface area contributed by atoms with Gasteiger partial charge in [-0.2, -0.15) is 0 Å². The van der Waals surface area contributed by atoms with Gasteiger partial charge in [-0.1, -0.05) is 55.5 Å². The lowest BCUT2D eigenvalue weighted by Crippen LogP contribution is -2.00. The van der Waals surface area contributed by atoms with Gasteiger partial charge >= 0.3 is 0 Å². The van der Waals surface area contributed by atoms with Gasteiger partial charge in [0.25, 0.3) is 0 Å². The Kier molecular flexibility index (Phi) is 4.72. The maximum atomic E-state index is 10.4. The first-order chi connectivity index (χ1) is 9.24. The van der Waals surface area contributed by atoms with Gasteiger partial charge in [0.05, 0.1) is 6.61 Å². The van der Waals surface area contributed by atoms with Crippen LogP contribution in [0.3, 0.4) is 0 Å². The Morgan fingerprint density at radius 2 is 1.74 bits per heavy atom. The normalized spacial score (nSPS) is 12.4. The van der Waals surface area contributed by atoms with E-state index in [4.69, 9.17) is 4.74 Å². The lowest BCUT2D eigenvalue weighted by Gasteiger charge is -2.13. The van der Waals surface area contributed by atoms with E-state index >= 15 is 0 Å². The number of benzene rings is 2. The van der Waals surface area contributed by atoms with Crippen LogP contribution in [0.1, 0.15) is 35.3 Å². The van der Waals surface area contributed by atoms with E-state index in [0.29, 0.717) is 6.61 Å². The quantitative estimate of drug-likeness (QED) is 0.887. The summed E-state index contributed by atoms with van der Waals surface area (Å²) in [5.74, 6) is 0. The molecule has 0 aromatic heterocycles. The summed E-state index contributed by atoms with van der Waals surface area (Å²) < 4.78 is 5.08. The van der Waals surface area contributed by atoms with Crippen molar-refractivity contribution >= 4 is 0 Å². The van der Waals surface area contributed by atoms with E-state index in [1.54, 1.807) is 7.11 Å². The number of hydrogen-bond donors (Lipinski definition) is 1. The number of aryl methyl sites for hydroxylation is 1. The third kappa shape index (κ3) is 3.43. The molecule has 0 aliphatic carbocycles. The molecule has 0 amide bonds. The van der Waals surface area contributed by atoms with Gasteiger partial charge in [-0.15, -0.1) is 0 Å². The second-order valence-corrected chi connectivity index (χ2v) is 4.68. The zero-order valence-corrected chi connectivity index (χ0v) is 11.5. The molecule has 2 rings (SSSR count). The first kappa shape index (κ1) is 13.8. The molecule has 0 saturated carbocycles. The summed E-state index contributed by atoms with van der Waals surface area (Å²) in [6, 6.07) is 16.0. The van der Waals surface area contributed by atoms with Gasteiger partial charge in [-0.05, 0) is 28.7 Å². The van der Waals surface area contributed by atoms with Crippen LogP contribution in [-0.2, 0) is 17.8 Å². The van der Waals surface area contributed by atoms with Crippen molar-refractivity contribution in [3.8, 4) is 0 Å². The molecule has 2 aromatic carbocycles. The summed E-state index contributed by atoms with van der Waals surface area (Å²) in [4.78, 5) is 0. The minimum Gasteiger partial charge on any atom is -0.384 e. The Morgan fingerprint density at radius 3 is 2.37 bits per heavy atom. The summed E-state index contributed by atoms with van der Waals surface area (Å²) in [6.07, 6.45) is 0.413. The third-order valence-corrected chi connectivity index (χ3v) is 3.28. The van der Waals surface area contributed by atoms with Crippen molar-refractivity contribution in [1.29, 1.82) is 0 Å². The molecule has 2 nitrogen and oxygen atoms in total. The zero-order valence-electron chi connectivity index (χ0n) is 11.5. The van der Waals surface area contributed by atoms with Crippen molar-refractivity contribution in [3.63, 3.8) is 0 Å². The third-order valence-electron chi connectivity index (χ3n) is 3.28. The minimum atomic E-state index is -0.567. The van der Waals surface area contributed by atoms with E-state index in [1.165, 1.54) is 5.56 Å². The smallest absolute Gasteiger partial charge is 0.104 e. The van der Waals surface area contributed by atoms with Gasteiger partial charge in [0.15, 0.2) is 0 Å². The fourth-order valence-electron chi connectivity index (χ4n) is 2.14. The Hall–Kier alpha value is -1.64. The molecule has 0 saturated heterocycles. The predicted molar refractivity (Wildman–Crippen MR) is 77.0 cm³/mol. The molecule has 19 heavy (non-hydrogen) atoms. The highest BCUT2D eigenvalue weighted by Crippen LogP contribution is 2.23. The van der Waals surface area contributed by atoms with Crippen LogP contribution in [0, 0.1) is 0 Å². The van der Waals surface area contributed by atoms with Crippen molar-refractivity contribution < 1.29 is 9.84 Å². The average Bonchev–Trinajstić information content (AvgIpc) is 2.48. The topological polar surface area (TPSA) is 29.5 Å². The van der Waals surface area contributed by atoms with Gasteiger partial charge in [0.2, 0.25) is 0 Å². The second-order valence-electron chi connectivity index (χ2n) is 4.68. The number of methoxy groups -OCH3 is 1. The molecule has 0 heterocycles. The highest BCUT2D eigenvalue weighted by Gasteiger charge is 2.10. The lowest BCUT2D eigenvalue weighted by molar-refractivity contribution is 0.184. The summed E-state index contributed by atoms with van der Waals surface area (Å²) in [5.41, 5.74) is 4.21. The van der Waals surface area contributed by atoms with Gasteiger partial charge in [-0.25, -0.2) is 0 Å². The van der Waals surface area contributed by atoms with Crippen LogP contribution in [0.15, 0.2) is 48.5 Å². The number of aliphatic hydroxyl groups excluding tert-OH is 1. The van der Waals surface area contributed by atoms with Crippen molar-refractivity contribution in [2.75, 3.05) is 7.11 Å². The van der Waals surface area contributed by atoms with E-state index in [9.17, 15) is 5.11 Å². The Balaban J connectivity index is 2.20. The van der Waals surface area contributed by atoms with Crippen LogP contribution in [-0.4, -0.2) is 12.2 Å². The fourth-order valence-corrected chi connectivity index (χ4v) is 2.14. The Bertz CT molecular complexity index is 517. The molecule has 0 aliphatic rings. The summed E-state index contributed by atoms with van der Waals surface area (Å²) in [5, 5.41) is 10.4. The van der Waals surface area contributed by atoms with E-state index in [-0.39, 0.29) is 0 Å². The average molecular weight is 256 g/mol. The molecule has 0 radical (unpaired) electrons. The molecule has 100 valence electrons. The lowest BCUT2D eigenvalue weighted by atomic mass is 9.98. The molecule has 1 atom stereocenters. The first-order valence-corrected chi connectivity index (χ1v) is 6.59. The van der Waals surface area contributed by atoms with Crippen molar-refractivity contribution in [2.45, 2.75) is 26.1 Å². The van der Waals surface area contributed by atoms with Gasteiger partial charge < -0.3 is 9.84 Å². The molecule has 0 fully saturated rings. The Labute approximate surface area is 114 Å². The highest BCUT2D eigenvalue weighted by molar-refractivity contribution is 5.34. The maximum absolute atomic E-state index is 10.4. The van der Waals surface area contributed by atoms with Crippen LogP contribution in [0.2, 0.25) is 0 Å². The molecular weight excluding hydrogens is 236 g/mol. The van der Waals surface area contributed by atoms with Crippen molar-refractivity contribution in [3.05, 3.63) is 70.8 Å². The number of aliphatic hydroxyl groups is 1. The SMILES string of the molecule is CCc1cccc(C(O)c2ccc(COC)cc2)c1. The predicted octanol–water partition coefficient (Wildman–Crippen LogP) is 3.48. The van der Waals surface area contributed by atoms with Crippen LogP contribution < -0.4 is 0 Å². The summed E-state index contributed by atoms with van der Waals surface area (Å²) in [7, 11) is 1.68. The zero-order chi connectivity index (χ0) is 13.7. The summed E-state index contributed by atoms with van der Waals surface area (Å²) in [6.45, 7) is 2.72. The van der Waals surface area contributed by atoms with Crippen LogP contribution in [0.25, 0.3) is 0 Å². The van der Waals surface area contributed by atoms with Gasteiger partial charge in [0.1, 0.15) is 6.10 Å². The van der Waals surface area contributed by atoms with Gasteiger partial charge in [0, 0.05) is 7.11 Å². The molecule has 0 bridgehead atoms. The van der Waals surface area contributed by atoms with Crippen LogP contribution in [0.4, 0.5) is 0 Å². The number of ether oxygens (including phenoxy) is 1. The van der Waals surface area contributed by atoms with Gasteiger partial charge in [-0.3, -0.25) is 0 Å². The summed E-state index contributed by atoms with van der Waals surface area (Å²) >= 11 is 0. The van der Waals surface area contributed by atoms with Crippen molar-refractivity contribution in [2.24, 2.45) is 0 Å². The monoisotopic (exact) mass is 256 g/mol. The number of rotatable bonds is 5. The van der Waals surface area contributed by atoms with Crippen LogP contribution in [0.5, 0.6) is 0 Å². The molecule has 2 heteroatoms. The largest absolute Gasteiger partial charge is 0.384 e. The standard InChI is InChI=1S/C17H20O2/c1-3-13-5-4-6-16(11-13)17(18)15-9-7-14(8-10-15)12-19-2/h4-11,17-18H,3,12H2,1-2H3. The van der Waals surface area contributed by atoms with E-state index in [0.717, 1.165) is 23.1 Å². The second kappa shape index (κ2) is 6.50. The first-order valence-electron chi connectivity index (χ1n) is 6.59. The molecule has 1 N–H and O–H groups in total. The molecule has 2 aromatic rings. The van der Waals surface area contributed by atoms with E-state index < -0.39 is 6.10 Å².